The molecule has 1 fully saturated rings. The molecule has 0 bridgehead atoms. The van der Waals surface area contributed by atoms with Crippen molar-refractivity contribution in [3.05, 3.63) is 28.7 Å². The third kappa shape index (κ3) is 3.32. The number of hydrogen-bond donors (Lipinski definition) is 1. The third-order valence-corrected chi connectivity index (χ3v) is 3.60. The van der Waals surface area contributed by atoms with Crippen LogP contribution < -0.4 is 5.32 Å². The van der Waals surface area contributed by atoms with Crippen LogP contribution >= 0.6 is 15.9 Å². The molecule has 0 saturated heterocycles. The molecule has 0 radical (unpaired) electrons. The van der Waals surface area contributed by atoms with Crippen LogP contribution in [0.1, 0.15) is 13.3 Å². The minimum absolute atomic E-state index is 0.0127. The summed E-state index contributed by atoms with van der Waals surface area (Å²) in [4.78, 5) is 23.0. The first-order chi connectivity index (χ1) is 8.58. The van der Waals surface area contributed by atoms with E-state index in [0.717, 1.165) is 10.9 Å². The minimum atomic E-state index is -0.330. The first-order valence-electron chi connectivity index (χ1n) is 5.79. The van der Waals surface area contributed by atoms with Gasteiger partial charge in [0.15, 0.2) is 6.61 Å². The van der Waals surface area contributed by atoms with Gasteiger partial charge in [-0.3, -0.25) is 9.59 Å². The maximum absolute atomic E-state index is 11.6. The Balaban J connectivity index is 1.79. The number of anilines is 1. The Morgan fingerprint density at radius 1 is 1.44 bits per heavy atom. The van der Waals surface area contributed by atoms with Gasteiger partial charge in [0.05, 0.1) is 11.6 Å². The predicted molar refractivity (Wildman–Crippen MR) is 71.0 cm³/mol. The van der Waals surface area contributed by atoms with E-state index in [4.69, 9.17) is 4.74 Å². The topological polar surface area (TPSA) is 55.4 Å². The number of carbonyl (C=O) groups is 2. The van der Waals surface area contributed by atoms with Gasteiger partial charge in [-0.2, -0.15) is 0 Å². The monoisotopic (exact) mass is 311 g/mol. The molecule has 1 aromatic carbocycles. The Morgan fingerprint density at radius 3 is 2.72 bits per heavy atom. The maximum Gasteiger partial charge on any atom is 0.309 e. The number of esters is 1. The molecular weight excluding hydrogens is 298 g/mol. The normalized spacial score (nSPS) is 21.2. The molecule has 1 amide bonds. The van der Waals surface area contributed by atoms with Crippen molar-refractivity contribution in [1.29, 1.82) is 0 Å². The summed E-state index contributed by atoms with van der Waals surface area (Å²) in [5, 5.41) is 2.67. The van der Waals surface area contributed by atoms with Crippen LogP contribution in [0.15, 0.2) is 28.7 Å². The van der Waals surface area contributed by atoms with Gasteiger partial charge in [0, 0.05) is 4.47 Å². The summed E-state index contributed by atoms with van der Waals surface area (Å²) in [6, 6.07) is 7.27. The first-order valence-corrected chi connectivity index (χ1v) is 6.58. The van der Waals surface area contributed by atoms with Crippen LogP contribution in [0.3, 0.4) is 0 Å². The van der Waals surface area contributed by atoms with Crippen molar-refractivity contribution in [2.24, 2.45) is 11.8 Å². The number of para-hydroxylation sites is 1. The molecule has 1 aliphatic rings. The molecule has 2 rings (SSSR count). The van der Waals surface area contributed by atoms with Gasteiger partial charge in [-0.25, -0.2) is 0 Å². The van der Waals surface area contributed by atoms with Crippen molar-refractivity contribution in [3.63, 3.8) is 0 Å². The van der Waals surface area contributed by atoms with Gasteiger partial charge >= 0.3 is 5.97 Å². The van der Waals surface area contributed by atoms with E-state index in [1.165, 1.54) is 0 Å². The van der Waals surface area contributed by atoms with E-state index in [1.54, 1.807) is 6.07 Å². The lowest BCUT2D eigenvalue weighted by Gasteiger charge is -2.07. The number of hydrogen-bond acceptors (Lipinski definition) is 3. The molecule has 18 heavy (non-hydrogen) atoms. The van der Waals surface area contributed by atoms with Crippen molar-refractivity contribution in [2.45, 2.75) is 13.3 Å². The van der Waals surface area contributed by atoms with E-state index in [0.29, 0.717) is 11.6 Å². The van der Waals surface area contributed by atoms with E-state index < -0.39 is 0 Å². The number of ether oxygens (including phenoxy) is 1. The summed E-state index contributed by atoms with van der Waals surface area (Å²) in [6.45, 7) is 1.76. The molecule has 1 saturated carbocycles. The zero-order chi connectivity index (χ0) is 13.1. The number of halogens is 1. The molecule has 2 atom stereocenters. The van der Waals surface area contributed by atoms with E-state index in [9.17, 15) is 9.59 Å². The van der Waals surface area contributed by atoms with Crippen LogP contribution in [0.5, 0.6) is 0 Å². The van der Waals surface area contributed by atoms with Crippen LogP contribution in [0.25, 0.3) is 0 Å². The molecule has 0 aliphatic heterocycles. The number of nitrogens with one attached hydrogen (secondary N) is 1. The fourth-order valence-corrected chi connectivity index (χ4v) is 2.03. The molecule has 0 aromatic heterocycles. The van der Waals surface area contributed by atoms with Gasteiger partial charge < -0.3 is 10.1 Å². The van der Waals surface area contributed by atoms with E-state index in [2.05, 4.69) is 21.2 Å². The first kappa shape index (κ1) is 13.1. The Bertz CT molecular complexity index is 475. The minimum Gasteiger partial charge on any atom is -0.455 e. The fraction of sp³-hybridized carbons (Fsp3) is 0.385. The Hall–Kier alpha value is -1.36. The smallest absolute Gasteiger partial charge is 0.309 e. The van der Waals surface area contributed by atoms with Gasteiger partial charge in [0.25, 0.3) is 5.91 Å². The number of carbonyl (C=O) groups excluding carboxylic acids is 2. The molecule has 1 aliphatic carbocycles. The zero-order valence-corrected chi connectivity index (χ0v) is 11.6. The summed E-state index contributed by atoms with van der Waals surface area (Å²) in [5.41, 5.74) is 0.665. The number of benzene rings is 1. The molecule has 5 heteroatoms. The number of amides is 1. The largest absolute Gasteiger partial charge is 0.455 e. The molecule has 0 spiro atoms. The molecule has 0 unspecified atom stereocenters. The molecular formula is C13H14BrNO3. The molecule has 1 aromatic rings. The molecule has 96 valence electrons. The Kier molecular flexibility index (Phi) is 4.01. The van der Waals surface area contributed by atoms with Crippen molar-refractivity contribution < 1.29 is 14.3 Å². The molecule has 4 nitrogen and oxygen atoms in total. The van der Waals surface area contributed by atoms with Gasteiger partial charge in [0.1, 0.15) is 0 Å². The van der Waals surface area contributed by atoms with E-state index >= 15 is 0 Å². The highest BCUT2D eigenvalue weighted by Crippen LogP contribution is 2.38. The highest BCUT2D eigenvalue weighted by Gasteiger charge is 2.40. The van der Waals surface area contributed by atoms with Crippen LogP contribution in [-0.4, -0.2) is 18.5 Å². The molecule has 0 heterocycles. The standard InChI is InChI=1S/C13H14BrNO3/c1-8-6-9(8)13(17)18-7-12(16)15-11-5-3-2-4-10(11)14/h2-5,8-9H,6-7H2,1H3,(H,15,16)/t8-,9+/m0/s1. The van der Waals surface area contributed by atoms with Crippen molar-refractivity contribution in [2.75, 3.05) is 11.9 Å². The average molecular weight is 312 g/mol. The van der Waals surface area contributed by atoms with Crippen LogP contribution in [0.4, 0.5) is 5.69 Å². The lowest BCUT2D eigenvalue weighted by atomic mass is 10.3. The highest BCUT2D eigenvalue weighted by atomic mass is 79.9. The molecule has 1 N–H and O–H groups in total. The summed E-state index contributed by atoms with van der Waals surface area (Å²) < 4.78 is 5.74. The second kappa shape index (κ2) is 5.52. The van der Waals surface area contributed by atoms with Crippen LogP contribution in [0.2, 0.25) is 0 Å². The van der Waals surface area contributed by atoms with E-state index in [-0.39, 0.29) is 24.4 Å². The Labute approximate surface area is 114 Å². The van der Waals surface area contributed by atoms with Gasteiger partial charge in [-0.05, 0) is 40.4 Å². The van der Waals surface area contributed by atoms with Crippen molar-refractivity contribution in [3.8, 4) is 0 Å². The highest BCUT2D eigenvalue weighted by molar-refractivity contribution is 9.10. The van der Waals surface area contributed by atoms with Gasteiger partial charge in [0.2, 0.25) is 0 Å². The predicted octanol–water partition coefficient (Wildman–Crippen LogP) is 2.59. The second-order valence-electron chi connectivity index (χ2n) is 4.46. The van der Waals surface area contributed by atoms with Crippen LogP contribution in [-0.2, 0) is 14.3 Å². The number of rotatable bonds is 4. The fourth-order valence-electron chi connectivity index (χ4n) is 1.64. The quantitative estimate of drug-likeness (QED) is 0.870. The summed E-state index contributed by atoms with van der Waals surface area (Å²) in [5.74, 6) is -0.224. The van der Waals surface area contributed by atoms with Crippen molar-refractivity contribution in [1.82, 2.24) is 0 Å². The third-order valence-electron chi connectivity index (χ3n) is 2.91. The van der Waals surface area contributed by atoms with Gasteiger partial charge in [-0.1, -0.05) is 19.1 Å². The van der Waals surface area contributed by atoms with E-state index in [1.807, 2.05) is 25.1 Å². The van der Waals surface area contributed by atoms with Crippen molar-refractivity contribution >= 4 is 33.5 Å². The summed E-state index contributed by atoms with van der Waals surface area (Å²) >= 11 is 3.32. The van der Waals surface area contributed by atoms with Crippen LogP contribution in [0, 0.1) is 11.8 Å². The lowest BCUT2D eigenvalue weighted by molar-refractivity contribution is -0.148. The average Bonchev–Trinajstić information content (AvgIpc) is 3.06. The summed E-state index contributed by atoms with van der Waals surface area (Å²) in [7, 11) is 0. The second-order valence-corrected chi connectivity index (χ2v) is 5.31. The Morgan fingerprint density at radius 2 is 2.11 bits per heavy atom. The maximum atomic E-state index is 11.6. The summed E-state index contributed by atoms with van der Waals surface area (Å²) in [6.07, 6.45) is 0.866. The van der Waals surface area contributed by atoms with Gasteiger partial charge in [-0.15, -0.1) is 0 Å². The zero-order valence-electron chi connectivity index (χ0n) is 9.98. The lowest BCUT2D eigenvalue weighted by Crippen LogP contribution is -2.21. The SMILES string of the molecule is C[C@H]1C[C@H]1C(=O)OCC(=O)Nc1ccccc1Br.